The van der Waals surface area contributed by atoms with E-state index in [1.807, 2.05) is 35.0 Å². The number of benzene rings is 2. The van der Waals surface area contributed by atoms with Crippen LogP contribution < -0.4 is 0 Å². The Bertz CT molecular complexity index is 977. The first kappa shape index (κ1) is 15.1. The molecule has 0 spiro atoms. The highest BCUT2D eigenvalue weighted by Gasteiger charge is 2.10. The van der Waals surface area contributed by atoms with Crippen LogP contribution in [-0.2, 0) is 0 Å². The van der Waals surface area contributed by atoms with E-state index < -0.39 is 11.6 Å². The first-order valence-electron chi connectivity index (χ1n) is 7.10. The van der Waals surface area contributed by atoms with Gasteiger partial charge in [0.25, 0.3) is 0 Å². The largest absolute Gasteiger partial charge is 0.245 e. The Hall–Kier alpha value is -2.44. The number of hydrogen-bond donors (Lipinski definition) is 0. The second kappa shape index (κ2) is 6.22. The summed E-state index contributed by atoms with van der Waals surface area (Å²) in [5.74, 6) is -1.72. The minimum Gasteiger partial charge on any atom is -0.245 e. The van der Waals surface area contributed by atoms with Gasteiger partial charge in [-0.2, -0.15) is 0 Å². The van der Waals surface area contributed by atoms with Crippen LogP contribution in [0, 0.1) is 11.6 Å². The zero-order chi connectivity index (χ0) is 16.5. The molecule has 4 aromatic rings. The van der Waals surface area contributed by atoms with Crippen LogP contribution in [0.15, 0.2) is 58.7 Å². The van der Waals surface area contributed by atoms with Crippen molar-refractivity contribution in [3.05, 3.63) is 70.4 Å². The molecule has 0 radical (unpaired) electrons. The molecule has 0 bridgehead atoms. The third-order valence-corrected chi connectivity index (χ3v) is 5.06. The Kier molecular flexibility index (Phi) is 3.92. The SMILES string of the molecule is Fc1ccc(-c2csc(-c3ccc(-c4cscn4)cc3)n2)cc1F. The van der Waals surface area contributed by atoms with Gasteiger partial charge in [0, 0.05) is 27.5 Å². The molecular formula is C18H10F2N2S2. The number of aromatic nitrogens is 2. The summed E-state index contributed by atoms with van der Waals surface area (Å²) >= 11 is 3.03. The van der Waals surface area contributed by atoms with Crippen LogP contribution in [0.2, 0.25) is 0 Å². The van der Waals surface area contributed by atoms with E-state index in [-0.39, 0.29) is 0 Å². The van der Waals surface area contributed by atoms with Gasteiger partial charge in [0.15, 0.2) is 11.6 Å². The number of rotatable bonds is 3. The first-order chi connectivity index (χ1) is 11.7. The number of thiazole rings is 2. The maximum Gasteiger partial charge on any atom is 0.159 e. The molecule has 2 aromatic heterocycles. The van der Waals surface area contributed by atoms with E-state index in [1.165, 1.54) is 23.5 Å². The van der Waals surface area contributed by atoms with E-state index in [1.54, 1.807) is 16.8 Å². The van der Waals surface area contributed by atoms with E-state index in [4.69, 9.17) is 0 Å². The van der Waals surface area contributed by atoms with Crippen molar-refractivity contribution in [2.45, 2.75) is 0 Å². The molecule has 0 aliphatic carbocycles. The molecule has 0 fully saturated rings. The standard InChI is InChI=1S/C18H10F2N2S2/c19-14-6-5-13(7-15(14)20)17-9-24-18(22-17)12-3-1-11(2-4-12)16-8-23-10-21-16/h1-10H. The van der Waals surface area contributed by atoms with Crippen molar-refractivity contribution in [1.29, 1.82) is 0 Å². The summed E-state index contributed by atoms with van der Waals surface area (Å²) in [6, 6.07) is 11.8. The molecule has 0 amide bonds. The number of halogens is 2. The second-order valence-corrected chi connectivity index (χ2v) is 6.69. The van der Waals surface area contributed by atoms with Gasteiger partial charge in [-0.05, 0) is 18.2 Å². The van der Waals surface area contributed by atoms with E-state index >= 15 is 0 Å². The molecule has 2 heterocycles. The lowest BCUT2D eigenvalue weighted by molar-refractivity contribution is 0.509. The van der Waals surface area contributed by atoms with E-state index in [9.17, 15) is 8.78 Å². The highest BCUT2D eigenvalue weighted by atomic mass is 32.1. The first-order valence-corrected chi connectivity index (χ1v) is 8.93. The van der Waals surface area contributed by atoms with Crippen LogP contribution in [-0.4, -0.2) is 9.97 Å². The maximum atomic E-state index is 13.4. The third-order valence-electron chi connectivity index (χ3n) is 3.58. The lowest BCUT2D eigenvalue weighted by atomic mass is 10.1. The summed E-state index contributed by atoms with van der Waals surface area (Å²) in [6.07, 6.45) is 0. The van der Waals surface area contributed by atoms with Crippen LogP contribution in [0.4, 0.5) is 8.78 Å². The van der Waals surface area contributed by atoms with Gasteiger partial charge < -0.3 is 0 Å². The van der Waals surface area contributed by atoms with Crippen molar-refractivity contribution >= 4 is 22.7 Å². The zero-order valence-corrected chi connectivity index (χ0v) is 13.9. The summed E-state index contributed by atoms with van der Waals surface area (Å²) in [5, 5.41) is 4.68. The molecule has 0 aliphatic rings. The third kappa shape index (κ3) is 2.86. The fraction of sp³-hybridized carbons (Fsp3) is 0. The lowest BCUT2D eigenvalue weighted by Gasteiger charge is -2.00. The molecule has 118 valence electrons. The van der Waals surface area contributed by atoms with Crippen LogP contribution in [0.25, 0.3) is 33.1 Å². The smallest absolute Gasteiger partial charge is 0.159 e. The van der Waals surface area contributed by atoms with Crippen LogP contribution in [0.1, 0.15) is 0 Å². The molecule has 0 atom stereocenters. The normalized spacial score (nSPS) is 10.9. The fourth-order valence-corrected chi connectivity index (χ4v) is 3.73. The van der Waals surface area contributed by atoms with Crippen molar-refractivity contribution in [3.8, 4) is 33.1 Å². The van der Waals surface area contributed by atoms with E-state index in [2.05, 4.69) is 9.97 Å². The molecule has 24 heavy (non-hydrogen) atoms. The predicted molar refractivity (Wildman–Crippen MR) is 94.0 cm³/mol. The van der Waals surface area contributed by atoms with Crippen LogP contribution in [0.3, 0.4) is 0 Å². The molecule has 0 saturated carbocycles. The molecule has 4 rings (SSSR count). The molecule has 6 heteroatoms. The monoisotopic (exact) mass is 356 g/mol. The summed E-state index contributed by atoms with van der Waals surface area (Å²) in [5.41, 5.74) is 5.99. The van der Waals surface area contributed by atoms with E-state index in [0.29, 0.717) is 11.3 Å². The highest BCUT2D eigenvalue weighted by Crippen LogP contribution is 2.31. The summed E-state index contributed by atoms with van der Waals surface area (Å²) < 4.78 is 26.4. The molecular weight excluding hydrogens is 346 g/mol. The minimum absolute atomic E-state index is 0.565. The molecule has 0 saturated heterocycles. The van der Waals surface area contributed by atoms with Crippen molar-refractivity contribution < 1.29 is 8.78 Å². The van der Waals surface area contributed by atoms with Gasteiger partial charge in [0.1, 0.15) is 5.01 Å². The molecule has 0 aliphatic heterocycles. The molecule has 0 N–H and O–H groups in total. The number of nitrogens with zero attached hydrogens (tertiary/aromatic N) is 2. The topological polar surface area (TPSA) is 25.8 Å². The quantitative estimate of drug-likeness (QED) is 0.458. The van der Waals surface area contributed by atoms with Gasteiger partial charge in [0.05, 0.1) is 16.9 Å². The average Bonchev–Trinajstić information content (AvgIpc) is 3.29. The Labute approximate surface area is 145 Å². The van der Waals surface area contributed by atoms with E-state index in [0.717, 1.165) is 27.9 Å². The van der Waals surface area contributed by atoms with Gasteiger partial charge in [0.2, 0.25) is 0 Å². The molecule has 2 nitrogen and oxygen atoms in total. The Morgan fingerprint density at radius 3 is 2.21 bits per heavy atom. The summed E-state index contributed by atoms with van der Waals surface area (Å²) in [4.78, 5) is 8.82. The molecule has 2 aromatic carbocycles. The molecule has 0 unspecified atom stereocenters. The van der Waals surface area contributed by atoms with Crippen molar-refractivity contribution in [2.24, 2.45) is 0 Å². The Balaban J connectivity index is 1.63. The second-order valence-electron chi connectivity index (χ2n) is 5.12. The average molecular weight is 356 g/mol. The summed E-state index contributed by atoms with van der Waals surface area (Å²) in [6.45, 7) is 0. The van der Waals surface area contributed by atoms with Crippen molar-refractivity contribution in [2.75, 3.05) is 0 Å². The van der Waals surface area contributed by atoms with Gasteiger partial charge in [-0.1, -0.05) is 24.3 Å². The van der Waals surface area contributed by atoms with Crippen molar-refractivity contribution in [1.82, 2.24) is 9.97 Å². The highest BCUT2D eigenvalue weighted by molar-refractivity contribution is 7.13. The number of hydrogen-bond acceptors (Lipinski definition) is 4. The van der Waals surface area contributed by atoms with Crippen LogP contribution >= 0.6 is 22.7 Å². The lowest BCUT2D eigenvalue weighted by Crippen LogP contribution is -1.86. The maximum absolute atomic E-state index is 13.4. The van der Waals surface area contributed by atoms with Crippen molar-refractivity contribution in [3.63, 3.8) is 0 Å². The Morgan fingerprint density at radius 2 is 1.50 bits per heavy atom. The Morgan fingerprint density at radius 1 is 0.750 bits per heavy atom. The van der Waals surface area contributed by atoms with Gasteiger partial charge in [-0.25, -0.2) is 18.7 Å². The van der Waals surface area contributed by atoms with Crippen LogP contribution in [0.5, 0.6) is 0 Å². The minimum atomic E-state index is -0.866. The van der Waals surface area contributed by atoms with Gasteiger partial charge >= 0.3 is 0 Å². The van der Waals surface area contributed by atoms with Gasteiger partial charge in [-0.3, -0.25) is 0 Å². The summed E-state index contributed by atoms with van der Waals surface area (Å²) in [7, 11) is 0. The predicted octanol–water partition coefficient (Wildman–Crippen LogP) is 5.88. The zero-order valence-electron chi connectivity index (χ0n) is 12.2. The fourth-order valence-electron chi connectivity index (χ4n) is 2.33. The van der Waals surface area contributed by atoms with Gasteiger partial charge in [-0.15, -0.1) is 22.7 Å².